The summed E-state index contributed by atoms with van der Waals surface area (Å²) in [5.74, 6) is 0.665. The number of fused-ring (bicyclic) bond motifs is 1. The van der Waals surface area contributed by atoms with Gasteiger partial charge >= 0.3 is 5.63 Å². The molecule has 29 heavy (non-hydrogen) atoms. The summed E-state index contributed by atoms with van der Waals surface area (Å²) in [6, 6.07) is 8.84. The summed E-state index contributed by atoms with van der Waals surface area (Å²) in [4.78, 5) is 35.4. The molecule has 1 aromatic carbocycles. The fraction of sp³-hybridized carbons (Fsp3) is 0.364. The Kier molecular flexibility index (Phi) is 5.55. The standard InChI is InChI=1S/C22H23N3O4/c1-2-11-28-17-4-3-16-12-18(22(27)29-20(16)13-17)21(26)25-9-6-15(7-10-25)19-5-8-23-14-24-19/h3-5,8,12-15H,2,6-7,9-11H2,1H3. The van der Waals surface area contributed by atoms with Crippen molar-refractivity contribution in [3.05, 3.63) is 64.5 Å². The molecule has 1 aliphatic heterocycles. The Morgan fingerprint density at radius 1 is 1.24 bits per heavy atom. The fourth-order valence-electron chi connectivity index (χ4n) is 3.64. The van der Waals surface area contributed by atoms with Crippen LogP contribution in [0, 0.1) is 0 Å². The third kappa shape index (κ3) is 4.13. The van der Waals surface area contributed by atoms with Crippen molar-refractivity contribution in [1.29, 1.82) is 0 Å². The monoisotopic (exact) mass is 393 g/mol. The van der Waals surface area contributed by atoms with Crippen molar-refractivity contribution in [2.75, 3.05) is 19.7 Å². The van der Waals surface area contributed by atoms with Crippen LogP contribution in [0.15, 0.2) is 52.1 Å². The predicted octanol–water partition coefficient (Wildman–Crippen LogP) is 3.39. The summed E-state index contributed by atoms with van der Waals surface area (Å²) in [7, 11) is 0. The lowest BCUT2D eigenvalue weighted by Crippen LogP contribution is -2.39. The van der Waals surface area contributed by atoms with Gasteiger partial charge in [0.05, 0.1) is 6.61 Å². The van der Waals surface area contributed by atoms with E-state index < -0.39 is 5.63 Å². The van der Waals surface area contributed by atoms with Gasteiger partial charge in [0.25, 0.3) is 5.91 Å². The van der Waals surface area contributed by atoms with E-state index in [2.05, 4.69) is 9.97 Å². The Morgan fingerprint density at radius 3 is 2.79 bits per heavy atom. The van der Waals surface area contributed by atoms with Gasteiger partial charge < -0.3 is 14.1 Å². The molecule has 2 aromatic heterocycles. The number of piperidine rings is 1. The van der Waals surface area contributed by atoms with Crippen LogP contribution in [0.25, 0.3) is 11.0 Å². The minimum atomic E-state index is -0.618. The average molecular weight is 393 g/mol. The van der Waals surface area contributed by atoms with E-state index in [0.717, 1.165) is 25.0 Å². The van der Waals surface area contributed by atoms with Gasteiger partial charge in [-0.3, -0.25) is 4.79 Å². The molecular weight excluding hydrogens is 370 g/mol. The summed E-state index contributed by atoms with van der Waals surface area (Å²) >= 11 is 0. The number of ether oxygens (including phenoxy) is 1. The first-order valence-corrected chi connectivity index (χ1v) is 9.91. The Hall–Kier alpha value is -3.22. The van der Waals surface area contributed by atoms with Gasteiger partial charge in [0, 0.05) is 42.4 Å². The molecule has 0 atom stereocenters. The molecule has 0 N–H and O–H groups in total. The van der Waals surface area contributed by atoms with Crippen LogP contribution < -0.4 is 10.4 Å². The van der Waals surface area contributed by atoms with Gasteiger partial charge in [-0.05, 0) is 43.5 Å². The first-order chi connectivity index (χ1) is 14.2. The molecule has 0 bridgehead atoms. The minimum absolute atomic E-state index is 0.0696. The molecule has 1 amide bonds. The van der Waals surface area contributed by atoms with Crippen molar-refractivity contribution in [3.63, 3.8) is 0 Å². The number of rotatable bonds is 5. The van der Waals surface area contributed by atoms with Crippen LogP contribution in [0.3, 0.4) is 0 Å². The Bertz CT molecular complexity index is 1060. The van der Waals surface area contributed by atoms with E-state index >= 15 is 0 Å². The summed E-state index contributed by atoms with van der Waals surface area (Å²) in [5.41, 5.74) is 0.870. The van der Waals surface area contributed by atoms with E-state index in [1.165, 1.54) is 0 Å². The van der Waals surface area contributed by atoms with Crippen LogP contribution in [0.2, 0.25) is 0 Å². The molecule has 0 aliphatic carbocycles. The maximum Gasteiger partial charge on any atom is 0.349 e. The third-order valence-electron chi connectivity index (χ3n) is 5.22. The second-order valence-electron chi connectivity index (χ2n) is 7.20. The lowest BCUT2D eigenvalue weighted by molar-refractivity contribution is 0.0708. The van der Waals surface area contributed by atoms with Crippen LogP contribution in [0.5, 0.6) is 5.75 Å². The number of aromatic nitrogens is 2. The summed E-state index contributed by atoms with van der Waals surface area (Å²) < 4.78 is 11.0. The van der Waals surface area contributed by atoms with Gasteiger partial charge in [-0.2, -0.15) is 0 Å². The number of amides is 1. The highest BCUT2D eigenvalue weighted by Crippen LogP contribution is 2.27. The molecule has 3 aromatic rings. The number of nitrogens with zero attached hydrogens (tertiary/aromatic N) is 3. The molecule has 4 rings (SSSR count). The van der Waals surface area contributed by atoms with Gasteiger partial charge in [-0.1, -0.05) is 6.92 Å². The van der Waals surface area contributed by atoms with Crippen LogP contribution in [-0.4, -0.2) is 40.5 Å². The van der Waals surface area contributed by atoms with E-state index in [1.807, 2.05) is 19.1 Å². The zero-order valence-corrected chi connectivity index (χ0v) is 16.3. The van der Waals surface area contributed by atoms with Crippen molar-refractivity contribution in [1.82, 2.24) is 14.9 Å². The van der Waals surface area contributed by atoms with E-state index in [-0.39, 0.29) is 11.5 Å². The highest BCUT2D eigenvalue weighted by Gasteiger charge is 2.27. The molecule has 0 radical (unpaired) electrons. The maximum absolute atomic E-state index is 12.9. The lowest BCUT2D eigenvalue weighted by Gasteiger charge is -2.31. The average Bonchev–Trinajstić information content (AvgIpc) is 2.77. The van der Waals surface area contributed by atoms with Crippen molar-refractivity contribution in [2.24, 2.45) is 0 Å². The quantitative estimate of drug-likeness (QED) is 0.618. The number of carbonyl (C=O) groups excluding carboxylic acids is 1. The second kappa shape index (κ2) is 8.43. The fourth-order valence-corrected chi connectivity index (χ4v) is 3.64. The van der Waals surface area contributed by atoms with Gasteiger partial charge in [0.2, 0.25) is 0 Å². The number of hydrogen-bond acceptors (Lipinski definition) is 6. The van der Waals surface area contributed by atoms with Crippen molar-refractivity contribution < 1.29 is 13.9 Å². The SMILES string of the molecule is CCCOc1ccc2cc(C(=O)N3CCC(c4ccncn4)CC3)c(=O)oc2c1. The number of hydrogen-bond donors (Lipinski definition) is 0. The number of carbonyl (C=O) groups is 1. The Labute approximate surface area is 168 Å². The van der Waals surface area contributed by atoms with Crippen molar-refractivity contribution in [2.45, 2.75) is 32.1 Å². The molecule has 0 spiro atoms. The predicted molar refractivity (Wildman–Crippen MR) is 108 cm³/mol. The first-order valence-electron chi connectivity index (χ1n) is 9.91. The van der Waals surface area contributed by atoms with Crippen LogP contribution in [0.1, 0.15) is 48.2 Å². The number of benzene rings is 1. The molecule has 150 valence electrons. The van der Waals surface area contributed by atoms with Crippen LogP contribution >= 0.6 is 0 Å². The Balaban J connectivity index is 1.50. The molecule has 0 unspecified atom stereocenters. The second-order valence-corrected chi connectivity index (χ2v) is 7.20. The molecule has 7 nitrogen and oxygen atoms in total. The van der Waals surface area contributed by atoms with Gasteiger partial charge in [0.1, 0.15) is 23.2 Å². The molecule has 0 saturated carbocycles. The lowest BCUT2D eigenvalue weighted by atomic mass is 9.93. The van der Waals surface area contributed by atoms with Gasteiger partial charge in [0.15, 0.2) is 0 Å². The first kappa shape index (κ1) is 19.1. The van der Waals surface area contributed by atoms with E-state index in [9.17, 15) is 9.59 Å². The van der Waals surface area contributed by atoms with E-state index in [1.54, 1.807) is 35.6 Å². The zero-order valence-electron chi connectivity index (χ0n) is 16.3. The molecule has 1 fully saturated rings. The topological polar surface area (TPSA) is 85.5 Å². The van der Waals surface area contributed by atoms with Crippen molar-refractivity contribution >= 4 is 16.9 Å². The van der Waals surface area contributed by atoms with Crippen LogP contribution in [-0.2, 0) is 0 Å². The molecule has 7 heteroatoms. The normalized spacial score (nSPS) is 14.9. The Morgan fingerprint density at radius 2 is 2.07 bits per heavy atom. The highest BCUT2D eigenvalue weighted by atomic mass is 16.5. The zero-order chi connectivity index (χ0) is 20.2. The van der Waals surface area contributed by atoms with Crippen molar-refractivity contribution in [3.8, 4) is 5.75 Å². The molecular formula is C22H23N3O4. The van der Waals surface area contributed by atoms with E-state index in [0.29, 0.717) is 42.3 Å². The maximum atomic E-state index is 12.9. The minimum Gasteiger partial charge on any atom is -0.493 e. The van der Waals surface area contributed by atoms with Gasteiger partial charge in [-0.15, -0.1) is 0 Å². The largest absolute Gasteiger partial charge is 0.493 e. The summed E-state index contributed by atoms with van der Waals surface area (Å²) in [6.45, 7) is 3.77. The number of likely N-dealkylation sites (tertiary alicyclic amines) is 1. The molecule has 1 saturated heterocycles. The molecule has 3 heterocycles. The summed E-state index contributed by atoms with van der Waals surface area (Å²) in [5, 5.41) is 0.702. The molecule has 1 aliphatic rings. The smallest absolute Gasteiger partial charge is 0.349 e. The summed E-state index contributed by atoms with van der Waals surface area (Å²) in [6.07, 6.45) is 5.79. The third-order valence-corrected chi connectivity index (χ3v) is 5.22. The van der Waals surface area contributed by atoms with E-state index in [4.69, 9.17) is 9.15 Å². The highest BCUT2D eigenvalue weighted by molar-refractivity contribution is 5.96. The van der Waals surface area contributed by atoms with Crippen LogP contribution in [0.4, 0.5) is 0 Å². The van der Waals surface area contributed by atoms with Gasteiger partial charge in [-0.25, -0.2) is 14.8 Å².